The molecule has 0 unspecified atom stereocenters. The summed E-state index contributed by atoms with van der Waals surface area (Å²) in [6.45, 7) is 3.25. The summed E-state index contributed by atoms with van der Waals surface area (Å²) in [4.78, 5) is 4.55. The number of para-hydroxylation sites is 1. The van der Waals surface area contributed by atoms with Gasteiger partial charge in [-0.15, -0.1) is 15.3 Å². The molecule has 3 heteroatoms. The summed E-state index contributed by atoms with van der Waals surface area (Å²) in [5.74, 6) is 0. The minimum Gasteiger partial charge on any atom is -0.256 e. The number of rotatable bonds is 2. The Hall–Kier alpha value is -1.19. The molecule has 0 aliphatic heterocycles. The average molecular weight is 330 g/mol. The summed E-state index contributed by atoms with van der Waals surface area (Å²) in [7, 11) is 0. The third-order valence-corrected chi connectivity index (χ3v) is 6.63. The van der Waals surface area contributed by atoms with Crippen LogP contribution in [0.15, 0.2) is 53.9 Å². The molecule has 0 radical (unpaired) electrons. The van der Waals surface area contributed by atoms with E-state index in [1.54, 1.807) is 0 Å². The Morgan fingerprint density at radius 3 is 2.68 bits per heavy atom. The van der Waals surface area contributed by atoms with E-state index in [0.717, 1.165) is 11.9 Å². The van der Waals surface area contributed by atoms with Crippen LogP contribution in [0.3, 0.4) is 0 Å². The Bertz CT molecular complexity index is 690. The molecular formula is C16H16BrNSi. The van der Waals surface area contributed by atoms with Gasteiger partial charge in [0.1, 0.15) is 0 Å². The Morgan fingerprint density at radius 2 is 1.95 bits per heavy atom. The second kappa shape index (κ2) is 4.73. The van der Waals surface area contributed by atoms with E-state index in [-0.39, 0.29) is 0 Å². The van der Waals surface area contributed by atoms with E-state index in [9.17, 15) is 0 Å². The predicted molar refractivity (Wildman–Crippen MR) is 88.8 cm³/mol. The van der Waals surface area contributed by atoms with Gasteiger partial charge in [0.25, 0.3) is 0 Å². The summed E-state index contributed by atoms with van der Waals surface area (Å²) >= 11 is 3.87. The highest BCUT2D eigenvalue weighted by molar-refractivity contribution is 9.26. The molecule has 0 amide bonds. The van der Waals surface area contributed by atoms with E-state index in [2.05, 4.69) is 69.8 Å². The minimum atomic E-state index is -1.39. The highest BCUT2D eigenvalue weighted by Gasteiger charge is 2.24. The number of halogens is 1. The fraction of sp³-hybridized carbons (Fsp3) is 0.188. The first kappa shape index (κ1) is 12.8. The number of pyridine rings is 1. The molecule has 0 saturated heterocycles. The van der Waals surface area contributed by atoms with Crippen LogP contribution in [0.25, 0.3) is 16.5 Å². The third-order valence-electron chi connectivity index (χ3n) is 3.54. The van der Waals surface area contributed by atoms with Crippen molar-refractivity contribution in [3.05, 3.63) is 59.4 Å². The third kappa shape index (κ3) is 2.45. The predicted octanol–water partition coefficient (Wildman–Crippen LogP) is 5.09. The topological polar surface area (TPSA) is 12.9 Å². The Balaban J connectivity index is 2.08. The van der Waals surface area contributed by atoms with Gasteiger partial charge in [-0.05, 0) is 18.1 Å². The first-order chi connectivity index (χ1) is 9.05. The van der Waals surface area contributed by atoms with E-state index in [4.69, 9.17) is 0 Å². The molecular weight excluding hydrogens is 314 g/mol. The van der Waals surface area contributed by atoms with Crippen molar-refractivity contribution in [1.82, 2.24) is 4.98 Å². The molecule has 0 spiro atoms. The first-order valence-electron chi connectivity index (χ1n) is 6.50. The van der Waals surface area contributed by atoms with Crippen LogP contribution >= 0.6 is 15.3 Å². The van der Waals surface area contributed by atoms with Crippen molar-refractivity contribution in [3.8, 4) is 0 Å². The van der Waals surface area contributed by atoms with Crippen molar-refractivity contribution in [2.45, 2.75) is 19.5 Å². The highest BCUT2D eigenvalue weighted by atomic mass is 79.9. The molecule has 1 heterocycles. The monoisotopic (exact) mass is 329 g/mol. The zero-order chi connectivity index (χ0) is 13.5. The van der Waals surface area contributed by atoms with Gasteiger partial charge in [0, 0.05) is 17.1 Å². The second-order valence-corrected chi connectivity index (χ2v) is 14.9. The molecule has 1 aliphatic carbocycles. The van der Waals surface area contributed by atoms with Crippen LogP contribution in [-0.4, -0.2) is 11.7 Å². The molecule has 1 aliphatic rings. The number of hydrogen-bond acceptors (Lipinski definition) is 1. The maximum atomic E-state index is 4.55. The van der Waals surface area contributed by atoms with E-state index in [1.807, 2.05) is 12.3 Å². The van der Waals surface area contributed by atoms with Crippen LogP contribution in [0.4, 0.5) is 0 Å². The van der Waals surface area contributed by atoms with E-state index < -0.39 is 6.69 Å². The number of nitrogens with zero attached hydrogens (tertiary/aromatic N) is 1. The summed E-state index contributed by atoms with van der Waals surface area (Å²) in [6, 6.07) is 10.5. The number of fused-ring (bicyclic) bond motifs is 1. The molecule has 3 rings (SSSR count). The molecule has 0 atom stereocenters. The van der Waals surface area contributed by atoms with Crippen molar-refractivity contribution in [2.24, 2.45) is 0 Å². The van der Waals surface area contributed by atoms with Gasteiger partial charge >= 0.3 is 0 Å². The molecule has 1 nitrogen and oxygen atoms in total. The van der Waals surface area contributed by atoms with E-state index in [0.29, 0.717) is 0 Å². The standard InChI is InChI=1S/C16H16BrNSi/c1-19(2,17)14-9-8-13(11-14)15-7-3-5-12-6-4-10-18-16(12)15/h3-7,9-11H,8H2,1-2H3. The van der Waals surface area contributed by atoms with Crippen LogP contribution in [0.2, 0.25) is 13.1 Å². The number of hydrogen-bond donors (Lipinski definition) is 0. The average Bonchev–Trinajstić information content (AvgIpc) is 2.87. The van der Waals surface area contributed by atoms with Gasteiger partial charge in [0.2, 0.25) is 0 Å². The number of aromatic nitrogens is 1. The van der Waals surface area contributed by atoms with E-state index in [1.165, 1.54) is 21.7 Å². The largest absolute Gasteiger partial charge is 0.256 e. The minimum absolute atomic E-state index is 1.02. The van der Waals surface area contributed by atoms with Crippen LogP contribution in [0, 0.1) is 0 Å². The highest BCUT2D eigenvalue weighted by Crippen LogP contribution is 2.35. The van der Waals surface area contributed by atoms with Crippen molar-refractivity contribution in [3.63, 3.8) is 0 Å². The zero-order valence-corrected chi connectivity index (χ0v) is 13.7. The number of benzene rings is 1. The summed E-state index contributed by atoms with van der Waals surface area (Å²) in [5, 5.41) is 2.69. The van der Waals surface area contributed by atoms with E-state index >= 15 is 0 Å². The van der Waals surface area contributed by atoms with Gasteiger partial charge in [-0.1, -0.05) is 54.7 Å². The van der Waals surface area contributed by atoms with Crippen molar-refractivity contribution in [2.75, 3.05) is 0 Å². The van der Waals surface area contributed by atoms with Crippen molar-refractivity contribution >= 4 is 38.5 Å². The lowest BCUT2D eigenvalue weighted by Crippen LogP contribution is -2.17. The maximum Gasteiger partial charge on any atom is 0.154 e. The molecule has 0 saturated carbocycles. The lowest BCUT2D eigenvalue weighted by atomic mass is 10.0. The smallest absolute Gasteiger partial charge is 0.154 e. The maximum absolute atomic E-state index is 4.55. The van der Waals surface area contributed by atoms with Crippen LogP contribution in [0.1, 0.15) is 12.0 Å². The van der Waals surface area contributed by atoms with Gasteiger partial charge in [0.15, 0.2) is 6.69 Å². The zero-order valence-electron chi connectivity index (χ0n) is 11.2. The molecule has 1 aromatic carbocycles. The Labute approximate surface area is 122 Å². The normalized spacial score (nSPS) is 15.5. The molecule has 19 heavy (non-hydrogen) atoms. The van der Waals surface area contributed by atoms with Gasteiger partial charge in [-0.3, -0.25) is 4.98 Å². The molecule has 0 N–H and O–H groups in total. The van der Waals surface area contributed by atoms with Gasteiger partial charge in [-0.2, -0.15) is 0 Å². The summed E-state index contributed by atoms with van der Waals surface area (Å²) in [5.41, 5.74) is 3.77. The first-order valence-corrected chi connectivity index (χ1v) is 11.8. The molecule has 0 bridgehead atoms. The number of allylic oxidation sites excluding steroid dienone is 4. The Morgan fingerprint density at radius 1 is 1.16 bits per heavy atom. The Kier molecular flexibility index (Phi) is 3.19. The van der Waals surface area contributed by atoms with Gasteiger partial charge in [0.05, 0.1) is 5.52 Å². The van der Waals surface area contributed by atoms with Crippen molar-refractivity contribution < 1.29 is 0 Å². The van der Waals surface area contributed by atoms with Crippen molar-refractivity contribution in [1.29, 1.82) is 0 Å². The fourth-order valence-electron chi connectivity index (χ4n) is 2.49. The second-order valence-electron chi connectivity index (χ2n) is 5.39. The summed E-state index contributed by atoms with van der Waals surface area (Å²) < 4.78 is 0. The van der Waals surface area contributed by atoms with Gasteiger partial charge < -0.3 is 0 Å². The van der Waals surface area contributed by atoms with Crippen LogP contribution < -0.4 is 0 Å². The lowest BCUT2D eigenvalue weighted by molar-refractivity contribution is 1.37. The molecule has 1 aromatic heterocycles. The summed E-state index contributed by atoms with van der Waals surface area (Å²) in [6.07, 6.45) is 7.61. The van der Waals surface area contributed by atoms with Crippen LogP contribution in [0.5, 0.6) is 0 Å². The SMILES string of the molecule is C[Si](C)(Br)C1=CCC(c2cccc3cccnc23)=C1. The van der Waals surface area contributed by atoms with Crippen LogP contribution in [-0.2, 0) is 0 Å². The molecule has 2 aromatic rings. The molecule has 0 fully saturated rings. The fourth-order valence-corrected chi connectivity index (χ4v) is 4.42. The van der Waals surface area contributed by atoms with Gasteiger partial charge in [-0.25, -0.2) is 0 Å². The molecule has 96 valence electrons. The lowest BCUT2D eigenvalue weighted by Gasteiger charge is -2.13. The quantitative estimate of drug-likeness (QED) is 0.552.